The van der Waals surface area contributed by atoms with Crippen LogP contribution < -0.4 is 5.73 Å². The summed E-state index contributed by atoms with van der Waals surface area (Å²) in [6, 6.07) is 4.41. The Hall–Kier alpha value is -1.36. The standard InChI is InChI=1S/C11H10BrFN2O/c1-2-7-10(15-16-11(7)14)8-5-6(13)3-4-9(8)12/h3-5H,2,14H2,1H3. The molecule has 0 aliphatic heterocycles. The predicted octanol–water partition coefficient (Wildman–Crippen LogP) is 3.39. The molecular formula is C11H10BrFN2O. The smallest absolute Gasteiger partial charge is 0.225 e. The number of benzene rings is 1. The molecular weight excluding hydrogens is 275 g/mol. The van der Waals surface area contributed by atoms with E-state index in [2.05, 4.69) is 21.1 Å². The van der Waals surface area contributed by atoms with Gasteiger partial charge >= 0.3 is 0 Å². The lowest BCUT2D eigenvalue weighted by Gasteiger charge is -2.02. The summed E-state index contributed by atoms with van der Waals surface area (Å²) in [5.74, 6) is -0.0320. The van der Waals surface area contributed by atoms with Gasteiger partial charge in [0.25, 0.3) is 0 Å². The predicted molar refractivity (Wildman–Crippen MR) is 63.4 cm³/mol. The van der Waals surface area contributed by atoms with E-state index < -0.39 is 0 Å². The van der Waals surface area contributed by atoms with E-state index >= 15 is 0 Å². The van der Waals surface area contributed by atoms with Gasteiger partial charge in [-0.3, -0.25) is 0 Å². The van der Waals surface area contributed by atoms with Crippen molar-refractivity contribution in [2.45, 2.75) is 13.3 Å². The van der Waals surface area contributed by atoms with Crippen molar-refractivity contribution >= 4 is 21.8 Å². The fourth-order valence-electron chi connectivity index (χ4n) is 1.55. The van der Waals surface area contributed by atoms with Crippen LogP contribution in [-0.2, 0) is 6.42 Å². The minimum atomic E-state index is -0.318. The van der Waals surface area contributed by atoms with Crippen molar-refractivity contribution in [2.24, 2.45) is 0 Å². The zero-order valence-electron chi connectivity index (χ0n) is 8.63. The van der Waals surface area contributed by atoms with E-state index in [-0.39, 0.29) is 11.7 Å². The van der Waals surface area contributed by atoms with Crippen molar-refractivity contribution in [1.29, 1.82) is 0 Å². The summed E-state index contributed by atoms with van der Waals surface area (Å²) < 4.78 is 18.8. The quantitative estimate of drug-likeness (QED) is 0.920. The molecule has 5 heteroatoms. The summed E-state index contributed by atoms with van der Waals surface area (Å²) >= 11 is 3.35. The molecule has 0 radical (unpaired) electrons. The first kappa shape index (κ1) is 11.1. The molecule has 2 N–H and O–H groups in total. The van der Waals surface area contributed by atoms with E-state index in [1.807, 2.05) is 6.92 Å². The van der Waals surface area contributed by atoms with E-state index in [0.717, 1.165) is 10.0 Å². The minimum absolute atomic E-state index is 0.286. The molecule has 0 saturated carbocycles. The van der Waals surface area contributed by atoms with Crippen molar-refractivity contribution < 1.29 is 8.91 Å². The maximum atomic E-state index is 13.2. The van der Waals surface area contributed by atoms with Crippen LogP contribution in [0.3, 0.4) is 0 Å². The Morgan fingerprint density at radius 3 is 2.94 bits per heavy atom. The molecule has 1 aromatic carbocycles. The molecule has 2 aromatic rings. The van der Waals surface area contributed by atoms with Gasteiger partial charge in [0, 0.05) is 15.6 Å². The van der Waals surface area contributed by atoms with E-state index in [1.54, 1.807) is 6.07 Å². The fourth-order valence-corrected chi connectivity index (χ4v) is 1.99. The summed E-state index contributed by atoms with van der Waals surface area (Å²) in [5, 5.41) is 3.86. The van der Waals surface area contributed by atoms with Crippen molar-refractivity contribution in [3.8, 4) is 11.3 Å². The van der Waals surface area contributed by atoms with Crippen LogP contribution >= 0.6 is 15.9 Å². The van der Waals surface area contributed by atoms with Gasteiger partial charge in [0.2, 0.25) is 5.88 Å². The molecule has 0 aliphatic rings. The topological polar surface area (TPSA) is 52.0 Å². The van der Waals surface area contributed by atoms with Crippen LogP contribution in [0.4, 0.5) is 10.3 Å². The Balaban J connectivity index is 2.62. The maximum Gasteiger partial charge on any atom is 0.225 e. The molecule has 0 saturated heterocycles. The molecule has 2 rings (SSSR count). The monoisotopic (exact) mass is 284 g/mol. The van der Waals surface area contributed by atoms with Gasteiger partial charge in [-0.05, 0) is 24.6 Å². The number of rotatable bonds is 2. The number of halogens is 2. The molecule has 16 heavy (non-hydrogen) atoms. The Morgan fingerprint density at radius 1 is 1.50 bits per heavy atom. The average Bonchev–Trinajstić information content (AvgIpc) is 2.63. The van der Waals surface area contributed by atoms with Crippen LogP contribution in [0.15, 0.2) is 27.2 Å². The van der Waals surface area contributed by atoms with E-state index in [1.165, 1.54) is 12.1 Å². The van der Waals surface area contributed by atoms with E-state index in [0.29, 0.717) is 17.7 Å². The van der Waals surface area contributed by atoms with Crippen molar-refractivity contribution in [3.63, 3.8) is 0 Å². The Bertz CT molecular complexity index is 525. The van der Waals surface area contributed by atoms with Gasteiger partial charge in [0.1, 0.15) is 11.5 Å². The second kappa shape index (κ2) is 4.25. The molecule has 0 fully saturated rings. The molecule has 0 unspecified atom stereocenters. The molecule has 1 heterocycles. The summed E-state index contributed by atoms with van der Waals surface area (Å²) in [6.07, 6.45) is 0.688. The summed E-state index contributed by atoms with van der Waals surface area (Å²) in [5.41, 5.74) is 7.68. The lowest BCUT2D eigenvalue weighted by atomic mass is 10.1. The number of nitrogens with two attached hydrogens (primary N) is 1. The lowest BCUT2D eigenvalue weighted by Crippen LogP contribution is -1.91. The largest absolute Gasteiger partial charge is 0.367 e. The van der Waals surface area contributed by atoms with Gasteiger partial charge in [0.05, 0.1) is 0 Å². The molecule has 0 spiro atoms. The molecule has 0 bridgehead atoms. The second-order valence-electron chi connectivity index (χ2n) is 3.35. The molecule has 3 nitrogen and oxygen atoms in total. The Labute approximate surface area is 101 Å². The number of nitrogens with zero attached hydrogens (tertiary/aromatic N) is 1. The maximum absolute atomic E-state index is 13.2. The van der Waals surface area contributed by atoms with Gasteiger partial charge in [-0.15, -0.1) is 0 Å². The first-order valence-electron chi connectivity index (χ1n) is 4.83. The number of anilines is 1. The van der Waals surface area contributed by atoms with Crippen molar-refractivity contribution in [3.05, 3.63) is 34.1 Å². The highest BCUT2D eigenvalue weighted by Gasteiger charge is 2.16. The Morgan fingerprint density at radius 2 is 2.25 bits per heavy atom. The Kier molecular flexibility index (Phi) is 2.96. The van der Waals surface area contributed by atoms with Gasteiger partial charge in [-0.1, -0.05) is 28.0 Å². The van der Waals surface area contributed by atoms with Crippen LogP contribution in [0, 0.1) is 5.82 Å². The highest BCUT2D eigenvalue weighted by molar-refractivity contribution is 9.10. The summed E-state index contributed by atoms with van der Waals surface area (Å²) in [4.78, 5) is 0. The third kappa shape index (κ3) is 1.82. The first-order chi connectivity index (χ1) is 7.63. The average molecular weight is 285 g/mol. The number of hydrogen-bond donors (Lipinski definition) is 1. The van der Waals surface area contributed by atoms with E-state index in [9.17, 15) is 4.39 Å². The van der Waals surface area contributed by atoms with E-state index in [4.69, 9.17) is 10.3 Å². The highest BCUT2D eigenvalue weighted by Crippen LogP contribution is 2.33. The van der Waals surface area contributed by atoms with Crippen LogP contribution in [0.5, 0.6) is 0 Å². The summed E-state index contributed by atoms with van der Waals surface area (Å²) in [6.45, 7) is 1.94. The van der Waals surface area contributed by atoms with Gasteiger partial charge in [-0.2, -0.15) is 0 Å². The molecule has 0 aliphatic carbocycles. The SMILES string of the molecule is CCc1c(-c2cc(F)ccc2Br)noc1N. The van der Waals surface area contributed by atoms with Crippen molar-refractivity contribution in [1.82, 2.24) is 5.16 Å². The van der Waals surface area contributed by atoms with Gasteiger partial charge < -0.3 is 10.3 Å². The summed E-state index contributed by atoms with van der Waals surface area (Å²) in [7, 11) is 0. The van der Waals surface area contributed by atoms with Crippen LogP contribution in [0.25, 0.3) is 11.3 Å². The molecule has 0 atom stereocenters. The third-order valence-electron chi connectivity index (χ3n) is 2.36. The lowest BCUT2D eigenvalue weighted by molar-refractivity contribution is 0.438. The molecule has 0 amide bonds. The van der Waals surface area contributed by atoms with Gasteiger partial charge in [-0.25, -0.2) is 4.39 Å². The zero-order valence-corrected chi connectivity index (χ0v) is 10.2. The second-order valence-corrected chi connectivity index (χ2v) is 4.21. The third-order valence-corrected chi connectivity index (χ3v) is 3.05. The van der Waals surface area contributed by atoms with Crippen LogP contribution in [-0.4, -0.2) is 5.16 Å². The number of aromatic nitrogens is 1. The van der Waals surface area contributed by atoms with Crippen molar-refractivity contribution in [2.75, 3.05) is 5.73 Å². The number of nitrogen functional groups attached to an aromatic ring is 1. The van der Waals surface area contributed by atoms with Gasteiger partial charge in [0.15, 0.2) is 0 Å². The number of hydrogen-bond acceptors (Lipinski definition) is 3. The minimum Gasteiger partial charge on any atom is -0.367 e. The zero-order chi connectivity index (χ0) is 11.7. The normalized spacial score (nSPS) is 10.7. The first-order valence-corrected chi connectivity index (χ1v) is 5.62. The molecule has 84 valence electrons. The van der Waals surface area contributed by atoms with Crippen LogP contribution in [0.2, 0.25) is 0 Å². The molecule has 1 aromatic heterocycles. The fraction of sp³-hybridized carbons (Fsp3) is 0.182. The van der Waals surface area contributed by atoms with Crippen LogP contribution in [0.1, 0.15) is 12.5 Å². The highest BCUT2D eigenvalue weighted by atomic mass is 79.9.